The number of hydrogen-bond acceptors (Lipinski definition) is 4. The van der Waals surface area contributed by atoms with Crippen molar-refractivity contribution >= 4 is 43.2 Å². The SMILES string of the molecule is C1CCCCCSSCCCCCCCCCCSSCCCC1. The zero-order chi connectivity index (χ0) is 17.0. The maximum absolute atomic E-state index is 2.12. The van der Waals surface area contributed by atoms with Gasteiger partial charge in [-0.3, -0.25) is 0 Å². The topological polar surface area (TPSA) is 0 Å². The largest absolute Gasteiger partial charge is 0.0942 e. The first-order valence-corrected chi connectivity index (χ1v) is 15.5. The summed E-state index contributed by atoms with van der Waals surface area (Å²) in [7, 11) is 8.50. The van der Waals surface area contributed by atoms with Gasteiger partial charge in [0.25, 0.3) is 0 Å². The Morgan fingerprint density at radius 3 is 0.583 bits per heavy atom. The third-order valence-corrected chi connectivity index (χ3v) is 9.73. The van der Waals surface area contributed by atoms with Crippen LogP contribution in [0.1, 0.15) is 103 Å². The summed E-state index contributed by atoms with van der Waals surface area (Å²) in [4.78, 5) is 0. The van der Waals surface area contributed by atoms with Crippen molar-refractivity contribution in [1.82, 2.24) is 0 Å². The van der Waals surface area contributed by atoms with Gasteiger partial charge in [0.1, 0.15) is 0 Å². The van der Waals surface area contributed by atoms with Gasteiger partial charge < -0.3 is 0 Å². The summed E-state index contributed by atoms with van der Waals surface area (Å²) in [6.45, 7) is 0. The summed E-state index contributed by atoms with van der Waals surface area (Å²) in [5.74, 6) is 5.50. The molecular weight excluding hydrogens is 368 g/mol. The van der Waals surface area contributed by atoms with Crippen LogP contribution in [0.15, 0.2) is 0 Å². The minimum absolute atomic E-state index is 1.37. The fourth-order valence-electron chi connectivity index (χ4n) is 3.00. The smallest absolute Gasteiger partial charge is 0.00369 e. The van der Waals surface area contributed by atoms with Gasteiger partial charge in [-0.15, -0.1) is 0 Å². The summed E-state index contributed by atoms with van der Waals surface area (Å²) < 4.78 is 0. The van der Waals surface area contributed by atoms with E-state index in [1.165, 1.54) is 126 Å². The second kappa shape index (κ2) is 20.7. The van der Waals surface area contributed by atoms with Gasteiger partial charge in [0.05, 0.1) is 0 Å². The van der Waals surface area contributed by atoms with Crippen LogP contribution in [-0.4, -0.2) is 23.0 Å². The molecule has 4 heteroatoms. The lowest BCUT2D eigenvalue weighted by atomic mass is 10.1. The molecule has 1 aliphatic heterocycles. The van der Waals surface area contributed by atoms with E-state index in [2.05, 4.69) is 43.2 Å². The summed E-state index contributed by atoms with van der Waals surface area (Å²) >= 11 is 0. The van der Waals surface area contributed by atoms with Crippen molar-refractivity contribution in [3.63, 3.8) is 0 Å². The molecule has 0 saturated carbocycles. The Balaban J connectivity index is 2.00. The average molecular weight is 409 g/mol. The van der Waals surface area contributed by atoms with Gasteiger partial charge in [-0.05, 0) is 25.7 Å². The van der Waals surface area contributed by atoms with E-state index in [9.17, 15) is 0 Å². The lowest BCUT2D eigenvalue weighted by molar-refractivity contribution is 0.587. The molecule has 1 fully saturated rings. The molecule has 0 amide bonds. The van der Waals surface area contributed by atoms with Gasteiger partial charge in [-0.25, -0.2) is 0 Å². The van der Waals surface area contributed by atoms with E-state index in [0.717, 1.165) is 0 Å². The fraction of sp³-hybridized carbons (Fsp3) is 1.00. The third kappa shape index (κ3) is 18.2. The van der Waals surface area contributed by atoms with Crippen molar-refractivity contribution in [2.24, 2.45) is 0 Å². The van der Waals surface area contributed by atoms with E-state index in [1.807, 2.05) is 0 Å². The Hall–Kier alpha value is 1.40. The number of hydrogen-bond donors (Lipinski definition) is 0. The zero-order valence-corrected chi connectivity index (χ0v) is 19.0. The molecule has 0 spiro atoms. The molecule has 1 aliphatic rings. The minimum Gasteiger partial charge on any atom is -0.0942 e. The summed E-state index contributed by atoms with van der Waals surface area (Å²) in [6, 6.07) is 0. The maximum atomic E-state index is 2.12. The molecule has 0 aromatic carbocycles. The monoisotopic (exact) mass is 408 g/mol. The molecule has 0 aliphatic carbocycles. The lowest BCUT2D eigenvalue weighted by Crippen LogP contribution is -1.86. The minimum atomic E-state index is 1.37. The molecule has 144 valence electrons. The van der Waals surface area contributed by atoms with Crippen LogP contribution < -0.4 is 0 Å². The van der Waals surface area contributed by atoms with Crippen LogP contribution in [0.5, 0.6) is 0 Å². The molecule has 1 rings (SSSR count). The molecule has 0 radical (unpaired) electrons. The van der Waals surface area contributed by atoms with Gasteiger partial charge >= 0.3 is 0 Å². The van der Waals surface area contributed by atoms with Crippen molar-refractivity contribution in [3.05, 3.63) is 0 Å². The Labute approximate surface area is 168 Å². The Bertz CT molecular complexity index is 126. The second-order valence-electron chi connectivity index (χ2n) is 6.94. The molecule has 0 aromatic heterocycles. The highest BCUT2D eigenvalue weighted by Gasteiger charge is 1.97. The highest BCUT2D eigenvalue weighted by atomic mass is 33.1. The average Bonchev–Trinajstić information content (AvgIpc) is 2.59. The Morgan fingerprint density at radius 2 is 0.375 bits per heavy atom. The van der Waals surface area contributed by atoms with E-state index >= 15 is 0 Å². The van der Waals surface area contributed by atoms with E-state index in [-0.39, 0.29) is 0 Å². The molecule has 0 aromatic rings. The normalized spacial score (nSPS) is 24.0. The van der Waals surface area contributed by atoms with Gasteiger partial charge in [-0.2, -0.15) is 0 Å². The van der Waals surface area contributed by atoms with Crippen LogP contribution in [0.2, 0.25) is 0 Å². The fourth-order valence-corrected chi connectivity index (χ4v) is 7.59. The van der Waals surface area contributed by atoms with Crippen molar-refractivity contribution in [1.29, 1.82) is 0 Å². The summed E-state index contributed by atoms with van der Waals surface area (Å²) in [5, 5.41) is 0. The van der Waals surface area contributed by atoms with Gasteiger partial charge in [-0.1, -0.05) is 120 Å². The molecule has 1 saturated heterocycles. The van der Waals surface area contributed by atoms with Crippen molar-refractivity contribution in [2.75, 3.05) is 23.0 Å². The third-order valence-electron chi connectivity index (χ3n) is 4.58. The highest BCUT2D eigenvalue weighted by Crippen LogP contribution is 2.26. The summed E-state index contributed by atoms with van der Waals surface area (Å²) in [5.41, 5.74) is 0. The maximum Gasteiger partial charge on any atom is 0.00369 e. The van der Waals surface area contributed by atoms with Crippen LogP contribution in [0.4, 0.5) is 0 Å². The van der Waals surface area contributed by atoms with E-state index in [1.54, 1.807) is 0 Å². The van der Waals surface area contributed by atoms with E-state index in [0.29, 0.717) is 0 Å². The van der Waals surface area contributed by atoms with E-state index in [4.69, 9.17) is 0 Å². The van der Waals surface area contributed by atoms with Crippen LogP contribution in [0.3, 0.4) is 0 Å². The standard InChI is InChI=1S/C20H40S4/c1-2-6-10-14-18-22-24-20-16-12-8-4-3-7-11-15-19-23-21-17-13-9-5-1/h1-20H2. The predicted molar refractivity (Wildman–Crippen MR) is 124 cm³/mol. The van der Waals surface area contributed by atoms with Crippen molar-refractivity contribution < 1.29 is 0 Å². The molecule has 0 atom stereocenters. The van der Waals surface area contributed by atoms with Crippen LogP contribution in [0.25, 0.3) is 0 Å². The van der Waals surface area contributed by atoms with Gasteiger partial charge in [0.2, 0.25) is 0 Å². The lowest BCUT2D eigenvalue weighted by Gasteiger charge is -2.05. The second-order valence-corrected chi connectivity index (χ2v) is 12.3. The zero-order valence-electron chi connectivity index (χ0n) is 15.8. The first-order chi connectivity index (χ1) is 12.0. The van der Waals surface area contributed by atoms with E-state index < -0.39 is 0 Å². The molecule has 0 nitrogen and oxygen atoms in total. The number of rotatable bonds is 0. The van der Waals surface area contributed by atoms with Crippen molar-refractivity contribution in [2.45, 2.75) is 103 Å². The van der Waals surface area contributed by atoms with Crippen LogP contribution in [0, 0.1) is 0 Å². The predicted octanol–water partition coefficient (Wildman–Crippen LogP) is 9.00. The molecule has 1 heterocycles. The van der Waals surface area contributed by atoms with Gasteiger partial charge in [0.15, 0.2) is 0 Å². The first-order valence-electron chi connectivity index (χ1n) is 10.5. The van der Waals surface area contributed by atoms with Crippen LogP contribution in [-0.2, 0) is 0 Å². The molecule has 0 bridgehead atoms. The van der Waals surface area contributed by atoms with Crippen LogP contribution >= 0.6 is 43.2 Å². The molecule has 0 unspecified atom stereocenters. The van der Waals surface area contributed by atoms with Crippen molar-refractivity contribution in [3.8, 4) is 0 Å². The quantitative estimate of drug-likeness (QED) is 0.366. The van der Waals surface area contributed by atoms with Gasteiger partial charge in [0, 0.05) is 23.0 Å². The highest BCUT2D eigenvalue weighted by molar-refractivity contribution is 8.77. The summed E-state index contributed by atoms with van der Waals surface area (Å²) in [6.07, 6.45) is 23.3. The molecular formula is C20H40S4. The molecule has 24 heavy (non-hydrogen) atoms. The first kappa shape index (κ1) is 23.4. The molecule has 0 N–H and O–H groups in total. The Morgan fingerprint density at radius 1 is 0.208 bits per heavy atom. The Kier molecular flexibility index (Phi) is 20.2.